The lowest BCUT2D eigenvalue weighted by Crippen LogP contribution is -1.88. The lowest BCUT2D eigenvalue weighted by atomic mass is 10.2. The quantitative estimate of drug-likeness (QED) is 0.498. The molecule has 0 bridgehead atoms. The Balaban J connectivity index is 2.83. The fraction of sp³-hybridized carbons (Fsp3) is 0.154. The van der Waals surface area contributed by atoms with Crippen LogP contribution in [-0.4, -0.2) is 5.71 Å². The molecule has 0 saturated heterocycles. The second-order valence-corrected chi connectivity index (χ2v) is 2.89. The van der Waals surface area contributed by atoms with Crippen molar-refractivity contribution < 1.29 is 0 Å². The van der Waals surface area contributed by atoms with Gasteiger partial charge in [0.25, 0.3) is 0 Å². The highest BCUT2D eigenvalue weighted by atomic mass is 14.7. The summed E-state index contributed by atoms with van der Waals surface area (Å²) in [5, 5.41) is 0. The van der Waals surface area contributed by atoms with Gasteiger partial charge < -0.3 is 0 Å². The predicted octanol–water partition coefficient (Wildman–Crippen LogP) is 3.91. The lowest BCUT2D eigenvalue weighted by Gasteiger charge is -1.96. The maximum atomic E-state index is 4.50. The van der Waals surface area contributed by atoms with Crippen molar-refractivity contribution in [2.45, 2.75) is 13.3 Å². The molecule has 0 spiro atoms. The summed E-state index contributed by atoms with van der Waals surface area (Å²) >= 11 is 0. The average Bonchev–Trinajstić information content (AvgIpc) is 2.25. The largest absolute Gasteiger partial charge is 0.253 e. The van der Waals surface area contributed by atoms with E-state index >= 15 is 0 Å². The molecule has 0 unspecified atom stereocenters. The fourth-order valence-corrected chi connectivity index (χ4v) is 1.08. The Kier molecular flexibility index (Phi) is 4.42. The van der Waals surface area contributed by atoms with Gasteiger partial charge in [0.2, 0.25) is 0 Å². The molecule has 0 N–H and O–H groups in total. The van der Waals surface area contributed by atoms with Crippen molar-refractivity contribution in [1.29, 1.82) is 0 Å². The minimum atomic E-state index is 0.930. The van der Waals surface area contributed by atoms with Crippen LogP contribution in [0.15, 0.2) is 60.1 Å². The number of hydrogen-bond donors (Lipinski definition) is 0. The van der Waals surface area contributed by atoms with Crippen molar-refractivity contribution in [2.24, 2.45) is 4.99 Å². The third-order valence-corrected chi connectivity index (χ3v) is 1.82. The number of benzene rings is 1. The number of allylic oxidation sites excluding steroid dienone is 3. The van der Waals surface area contributed by atoms with E-state index in [0.29, 0.717) is 0 Å². The number of para-hydroxylation sites is 1. The van der Waals surface area contributed by atoms with Crippen LogP contribution in [-0.2, 0) is 0 Å². The smallest absolute Gasteiger partial charge is 0.0632 e. The van der Waals surface area contributed by atoms with Gasteiger partial charge in [-0.05, 0) is 24.6 Å². The Morgan fingerprint density at radius 1 is 1.36 bits per heavy atom. The molecule has 0 atom stereocenters. The number of nitrogens with zero attached hydrogens (tertiary/aromatic N) is 1. The summed E-state index contributed by atoms with van der Waals surface area (Å²) in [7, 11) is 0. The third kappa shape index (κ3) is 3.40. The fourth-order valence-electron chi connectivity index (χ4n) is 1.08. The molecule has 0 aromatic heterocycles. The molecule has 1 rings (SSSR count). The zero-order valence-corrected chi connectivity index (χ0v) is 8.48. The van der Waals surface area contributed by atoms with Crippen molar-refractivity contribution in [3.8, 4) is 0 Å². The van der Waals surface area contributed by atoms with Crippen molar-refractivity contribution in [3.05, 3.63) is 55.1 Å². The molecule has 0 amide bonds. The molecule has 72 valence electrons. The molecule has 0 saturated carbocycles. The Morgan fingerprint density at radius 2 is 2.07 bits per heavy atom. The van der Waals surface area contributed by atoms with Crippen LogP contribution in [0.4, 0.5) is 5.69 Å². The van der Waals surface area contributed by atoms with Gasteiger partial charge in [0.15, 0.2) is 0 Å². The molecule has 14 heavy (non-hydrogen) atoms. The van der Waals surface area contributed by atoms with E-state index in [2.05, 4.69) is 18.5 Å². The third-order valence-electron chi connectivity index (χ3n) is 1.82. The van der Waals surface area contributed by atoms with Crippen molar-refractivity contribution >= 4 is 11.4 Å². The van der Waals surface area contributed by atoms with E-state index in [-0.39, 0.29) is 0 Å². The summed E-state index contributed by atoms with van der Waals surface area (Å²) in [5.41, 5.74) is 2.06. The van der Waals surface area contributed by atoms with Crippen molar-refractivity contribution in [1.82, 2.24) is 0 Å². The van der Waals surface area contributed by atoms with E-state index in [9.17, 15) is 0 Å². The summed E-state index contributed by atoms with van der Waals surface area (Å²) in [5.74, 6) is 0. The van der Waals surface area contributed by atoms with E-state index in [0.717, 1.165) is 17.8 Å². The molecule has 1 nitrogen and oxygen atoms in total. The van der Waals surface area contributed by atoms with Gasteiger partial charge in [-0.3, -0.25) is 4.99 Å². The molecule has 0 aliphatic rings. The summed E-state index contributed by atoms with van der Waals surface area (Å²) in [6, 6.07) is 9.96. The minimum absolute atomic E-state index is 0.930. The summed E-state index contributed by atoms with van der Waals surface area (Å²) < 4.78 is 0. The molecule has 1 aromatic carbocycles. The Morgan fingerprint density at radius 3 is 2.64 bits per heavy atom. The van der Waals surface area contributed by atoms with Crippen LogP contribution in [0.5, 0.6) is 0 Å². The first-order valence-corrected chi connectivity index (χ1v) is 4.78. The normalized spacial score (nSPS) is 11.9. The van der Waals surface area contributed by atoms with Crippen LogP contribution in [0.2, 0.25) is 0 Å². The first kappa shape index (κ1) is 10.5. The highest BCUT2D eigenvalue weighted by Crippen LogP contribution is 2.11. The van der Waals surface area contributed by atoms with E-state index in [1.165, 1.54) is 0 Å². The number of hydrogen-bond acceptors (Lipinski definition) is 1. The van der Waals surface area contributed by atoms with Gasteiger partial charge in [0.05, 0.1) is 5.69 Å². The van der Waals surface area contributed by atoms with Gasteiger partial charge in [0.1, 0.15) is 0 Å². The van der Waals surface area contributed by atoms with Crippen LogP contribution in [0, 0.1) is 0 Å². The lowest BCUT2D eigenvalue weighted by molar-refractivity contribution is 1.28. The Hall–Kier alpha value is -1.63. The van der Waals surface area contributed by atoms with E-state index < -0.39 is 0 Å². The second-order valence-electron chi connectivity index (χ2n) is 2.89. The first-order chi connectivity index (χ1) is 6.86. The molecule has 0 aliphatic heterocycles. The van der Waals surface area contributed by atoms with E-state index in [4.69, 9.17) is 0 Å². The van der Waals surface area contributed by atoms with Crippen molar-refractivity contribution in [3.63, 3.8) is 0 Å². The van der Waals surface area contributed by atoms with Gasteiger partial charge in [-0.1, -0.05) is 43.9 Å². The van der Waals surface area contributed by atoms with Gasteiger partial charge in [-0.15, -0.1) is 0 Å². The SMILES string of the molecule is C=C/C=C\C(CC)=Nc1ccccc1. The molecular weight excluding hydrogens is 170 g/mol. The second kappa shape index (κ2) is 5.92. The summed E-state index contributed by atoms with van der Waals surface area (Å²) in [6.07, 6.45) is 6.58. The molecule has 1 heteroatoms. The minimum Gasteiger partial charge on any atom is -0.253 e. The van der Waals surface area contributed by atoms with Crippen LogP contribution < -0.4 is 0 Å². The van der Waals surface area contributed by atoms with Gasteiger partial charge in [-0.2, -0.15) is 0 Å². The van der Waals surface area contributed by atoms with E-state index in [1.807, 2.05) is 42.5 Å². The summed E-state index contributed by atoms with van der Waals surface area (Å²) in [6.45, 7) is 5.72. The highest BCUT2D eigenvalue weighted by Gasteiger charge is 1.90. The Bertz CT molecular complexity index is 334. The molecule has 0 heterocycles. The predicted molar refractivity (Wildman–Crippen MR) is 63.2 cm³/mol. The maximum absolute atomic E-state index is 4.50. The molecule has 0 aliphatic carbocycles. The zero-order chi connectivity index (χ0) is 10.2. The number of rotatable bonds is 4. The van der Waals surface area contributed by atoms with Crippen molar-refractivity contribution in [2.75, 3.05) is 0 Å². The summed E-state index contributed by atoms with van der Waals surface area (Å²) in [4.78, 5) is 4.50. The van der Waals surface area contributed by atoms with Crippen LogP contribution in [0.1, 0.15) is 13.3 Å². The Labute approximate surface area is 85.5 Å². The zero-order valence-electron chi connectivity index (χ0n) is 8.48. The van der Waals surface area contributed by atoms with Gasteiger partial charge in [-0.25, -0.2) is 0 Å². The standard InChI is InChI=1S/C13H15N/c1-3-5-9-12(4-2)14-13-10-7-6-8-11-13/h3,5-11H,1,4H2,2H3/b9-5-,14-12?. The molecule has 1 aromatic rings. The molecular formula is C13H15N. The van der Waals surface area contributed by atoms with Crippen LogP contribution in [0.3, 0.4) is 0 Å². The highest BCUT2D eigenvalue weighted by molar-refractivity contribution is 5.96. The topological polar surface area (TPSA) is 12.4 Å². The van der Waals surface area contributed by atoms with E-state index in [1.54, 1.807) is 6.08 Å². The van der Waals surface area contributed by atoms with Crippen LogP contribution >= 0.6 is 0 Å². The molecule has 0 fully saturated rings. The average molecular weight is 185 g/mol. The first-order valence-electron chi connectivity index (χ1n) is 4.78. The number of aliphatic imine (C=N–C) groups is 1. The molecule has 0 radical (unpaired) electrons. The van der Waals surface area contributed by atoms with Gasteiger partial charge in [0, 0.05) is 5.71 Å². The monoisotopic (exact) mass is 185 g/mol. The van der Waals surface area contributed by atoms with Crippen LogP contribution in [0.25, 0.3) is 0 Å². The van der Waals surface area contributed by atoms with Gasteiger partial charge >= 0.3 is 0 Å². The maximum Gasteiger partial charge on any atom is 0.0632 e.